The van der Waals surface area contributed by atoms with E-state index in [0.29, 0.717) is 28.0 Å². The Labute approximate surface area is 182 Å². The van der Waals surface area contributed by atoms with Gasteiger partial charge in [-0.1, -0.05) is 35.3 Å². The number of rotatable bonds is 7. The lowest BCUT2D eigenvalue weighted by Gasteiger charge is -2.06. The highest BCUT2D eigenvalue weighted by molar-refractivity contribution is 6.30. The minimum atomic E-state index is -0.328. The van der Waals surface area contributed by atoms with Crippen LogP contribution in [0.4, 0.5) is 5.69 Å². The Hall–Kier alpha value is -3.29. The SMILES string of the molecule is O=C(Nc1cnn(Cc2ccc(Cl)cc2)c1)c1ccn(COc2ccc(Cl)cc2)n1. The predicted molar refractivity (Wildman–Crippen MR) is 115 cm³/mol. The van der Waals surface area contributed by atoms with Gasteiger partial charge in [0.05, 0.1) is 18.4 Å². The summed E-state index contributed by atoms with van der Waals surface area (Å²) in [5.41, 5.74) is 1.92. The summed E-state index contributed by atoms with van der Waals surface area (Å²) in [6.45, 7) is 0.748. The number of aromatic nitrogens is 4. The summed E-state index contributed by atoms with van der Waals surface area (Å²) in [6, 6.07) is 16.2. The van der Waals surface area contributed by atoms with Crippen LogP contribution in [0.15, 0.2) is 73.2 Å². The van der Waals surface area contributed by atoms with Crippen molar-refractivity contribution in [2.75, 3.05) is 5.32 Å². The Morgan fingerprint density at radius 1 is 0.967 bits per heavy atom. The normalized spacial score (nSPS) is 10.7. The average molecular weight is 442 g/mol. The summed E-state index contributed by atoms with van der Waals surface area (Å²) >= 11 is 11.8. The molecular formula is C21H17Cl2N5O2. The third-order valence-electron chi connectivity index (χ3n) is 4.20. The quantitative estimate of drug-likeness (QED) is 0.450. The van der Waals surface area contributed by atoms with Gasteiger partial charge in [-0.3, -0.25) is 9.48 Å². The smallest absolute Gasteiger partial charge is 0.276 e. The van der Waals surface area contributed by atoms with Crippen LogP contribution in [0.5, 0.6) is 5.75 Å². The first-order valence-electron chi connectivity index (χ1n) is 9.05. The number of nitrogens with zero attached hydrogens (tertiary/aromatic N) is 4. The van der Waals surface area contributed by atoms with Crippen LogP contribution in [0.25, 0.3) is 0 Å². The monoisotopic (exact) mass is 441 g/mol. The van der Waals surface area contributed by atoms with Crippen molar-refractivity contribution in [1.82, 2.24) is 19.6 Å². The first-order valence-corrected chi connectivity index (χ1v) is 9.81. The maximum atomic E-state index is 12.5. The molecule has 0 unspecified atom stereocenters. The largest absolute Gasteiger partial charge is 0.471 e. The minimum Gasteiger partial charge on any atom is -0.471 e. The van der Waals surface area contributed by atoms with Crippen LogP contribution in [-0.4, -0.2) is 25.5 Å². The van der Waals surface area contributed by atoms with Gasteiger partial charge in [0.2, 0.25) is 0 Å². The Balaban J connectivity index is 1.32. The molecule has 1 N–H and O–H groups in total. The maximum Gasteiger partial charge on any atom is 0.276 e. The van der Waals surface area contributed by atoms with Crippen LogP contribution in [0.2, 0.25) is 10.0 Å². The van der Waals surface area contributed by atoms with Crippen molar-refractivity contribution >= 4 is 34.8 Å². The number of halogens is 2. The molecule has 4 rings (SSSR count). The van der Waals surface area contributed by atoms with Crippen LogP contribution in [0.3, 0.4) is 0 Å². The van der Waals surface area contributed by atoms with E-state index >= 15 is 0 Å². The second-order valence-corrected chi connectivity index (χ2v) is 7.35. The molecule has 0 saturated heterocycles. The van der Waals surface area contributed by atoms with Crippen molar-refractivity contribution in [3.05, 3.63) is 94.5 Å². The van der Waals surface area contributed by atoms with Gasteiger partial charge in [-0.15, -0.1) is 0 Å². The van der Waals surface area contributed by atoms with Crippen molar-refractivity contribution in [2.24, 2.45) is 0 Å². The molecular weight excluding hydrogens is 425 g/mol. The highest BCUT2D eigenvalue weighted by atomic mass is 35.5. The van der Waals surface area contributed by atoms with Crippen LogP contribution in [-0.2, 0) is 13.3 Å². The van der Waals surface area contributed by atoms with Crippen LogP contribution in [0.1, 0.15) is 16.1 Å². The topological polar surface area (TPSA) is 74.0 Å². The van der Waals surface area contributed by atoms with E-state index in [1.165, 1.54) is 4.68 Å². The number of benzene rings is 2. The van der Waals surface area contributed by atoms with Gasteiger partial charge in [-0.25, -0.2) is 4.68 Å². The molecule has 30 heavy (non-hydrogen) atoms. The number of ether oxygens (including phenoxy) is 1. The van der Waals surface area contributed by atoms with Crippen LogP contribution >= 0.6 is 23.2 Å². The highest BCUT2D eigenvalue weighted by Crippen LogP contribution is 2.16. The predicted octanol–water partition coefficient (Wildman–Crippen LogP) is 4.72. The van der Waals surface area contributed by atoms with E-state index in [-0.39, 0.29) is 18.3 Å². The number of carbonyl (C=O) groups excluding carboxylic acids is 1. The molecule has 7 nitrogen and oxygen atoms in total. The fraction of sp³-hybridized carbons (Fsp3) is 0.0952. The van der Waals surface area contributed by atoms with Gasteiger partial charge in [0.1, 0.15) is 5.75 Å². The van der Waals surface area contributed by atoms with E-state index < -0.39 is 0 Å². The number of hydrogen-bond acceptors (Lipinski definition) is 4. The molecule has 0 atom stereocenters. The second kappa shape index (κ2) is 9.02. The first-order chi connectivity index (χ1) is 14.5. The third kappa shape index (κ3) is 5.20. The summed E-state index contributed by atoms with van der Waals surface area (Å²) in [4.78, 5) is 12.5. The van der Waals surface area contributed by atoms with E-state index in [4.69, 9.17) is 27.9 Å². The number of hydrogen-bond donors (Lipinski definition) is 1. The van der Waals surface area contributed by atoms with Crippen molar-refractivity contribution in [3.63, 3.8) is 0 Å². The van der Waals surface area contributed by atoms with Gasteiger partial charge in [-0.05, 0) is 48.0 Å². The molecule has 0 aliphatic rings. The molecule has 0 aliphatic carbocycles. The number of amides is 1. The molecule has 0 saturated carbocycles. The van der Waals surface area contributed by atoms with Gasteiger partial charge in [0, 0.05) is 22.4 Å². The van der Waals surface area contributed by atoms with Gasteiger partial charge in [0.25, 0.3) is 5.91 Å². The fourth-order valence-electron chi connectivity index (χ4n) is 2.71. The minimum absolute atomic E-state index is 0.175. The van der Waals surface area contributed by atoms with Crippen molar-refractivity contribution in [2.45, 2.75) is 13.3 Å². The van der Waals surface area contributed by atoms with Crippen molar-refractivity contribution in [1.29, 1.82) is 0 Å². The molecule has 0 radical (unpaired) electrons. The summed E-state index contributed by atoms with van der Waals surface area (Å²) < 4.78 is 8.88. The Bertz CT molecular complexity index is 1140. The molecule has 0 fully saturated rings. The van der Waals surface area contributed by atoms with Crippen molar-refractivity contribution < 1.29 is 9.53 Å². The molecule has 0 bridgehead atoms. The van der Waals surface area contributed by atoms with E-state index in [9.17, 15) is 4.79 Å². The zero-order valence-corrected chi connectivity index (χ0v) is 17.2. The zero-order valence-electron chi connectivity index (χ0n) is 15.7. The molecule has 2 aromatic heterocycles. The van der Waals surface area contributed by atoms with Gasteiger partial charge < -0.3 is 10.1 Å². The molecule has 0 aliphatic heterocycles. The molecule has 9 heteroatoms. The summed E-state index contributed by atoms with van der Waals surface area (Å²) in [6.07, 6.45) is 5.02. The van der Waals surface area contributed by atoms with Gasteiger partial charge in [0.15, 0.2) is 12.4 Å². The average Bonchev–Trinajstić information content (AvgIpc) is 3.39. The lowest BCUT2D eigenvalue weighted by Crippen LogP contribution is -2.14. The molecule has 152 valence electrons. The van der Waals surface area contributed by atoms with E-state index in [0.717, 1.165) is 5.56 Å². The van der Waals surface area contributed by atoms with Gasteiger partial charge in [-0.2, -0.15) is 10.2 Å². The lowest BCUT2D eigenvalue weighted by molar-refractivity contribution is 0.102. The molecule has 0 spiro atoms. The second-order valence-electron chi connectivity index (χ2n) is 6.47. The first kappa shape index (κ1) is 20.0. The Kier molecular flexibility index (Phi) is 6.02. The number of nitrogens with one attached hydrogen (secondary N) is 1. The van der Waals surface area contributed by atoms with Crippen molar-refractivity contribution in [3.8, 4) is 5.75 Å². The van der Waals surface area contributed by atoms with E-state index in [2.05, 4.69) is 15.5 Å². The Morgan fingerprint density at radius 3 is 2.40 bits per heavy atom. The molecule has 4 aromatic rings. The van der Waals surface area contributed by atoms with Crippen LogP contribution in [0, 0.1) is 0 Å². The third-order valence-corrected chi connectivity index (χ3v) is 4.70. The van der Waals surface area contributed by atoms with Crippen LogP contribution < -0.4 is 10.1 Å². The summed E-state index contributed by atoms with van der Waals surface area (Å²) in [5.74, 6) is 0.334. The molecule has 2 heterocycles. The maximum absolute atomic E-state index is 12.5. The zero-order chi connectivity index (χ0) is 20.9. The fourth-order valence-corrected chi connectivity index (χ4v) is 2.96. The van der Waals surface area contributed by atoms with Gasteiger partial charge >= 0.3 is 0 Å². The number of anilines is 1. The molecule has 2 aromatic carbocycles. The van der Waals surface area contributed by atoms with E-state index in [1.54, 1.807) is 53.6 Å². The standard InChI is InChI=1S/C21H17Cl2N5O2/c22-16-3-1-15(2-4-16)12-28-13-18(11-24-28)25-21(29)20-9-10-27(26-20)14-30-19-7-5-17(23)6-8-19/h1-11,13H,12,14H2,(H,25,29). The van der Waals surface area contributed by atoms with E-state index in [1.807, 2.05) is 24.3 Å². The lowest BCUT2D eigenvalue weighted by atomic mass is 10.2. The summed E-state index contributed by atoms with van der Waals surface area (Å²) in [7, 11) is 0. The Morgan fingerprint density at radius 2 is 1.67 bits per heavy atom. The number of carbonyl (C=O) groups is 1. The highest BCUT2D eigenvalue weighted by Gasteiger charge is 2.11. The molecule has 1 amide bonds. The summed E-state index contributed by atoms with van der Waals surface area (Å²) in [5, 5.41) is 12.6.